The first-order valence-corrected chi connectivity index (χ1v) is 11.0. The molecule has 0 spiro atoms. The Bertz CT molecular complexity index is 894. The summed E-state index contributed by atoms with van der Waals surface area (Å²) in [4.78, 5) is 14.2. The highest BCUT2D eigenvalue weighted by Crippen LogP contribution is 2.26. The zero-order valence-electron chi connectivity index (χ0n) is 18.5. The number of methoxy groups -OCH3 is 2. The number of nitrogens with zero attached hydrogens (tertiary/aromatic N) is 4. The molecule has 0 saturated carbocycles. The Morgan fingerprint density at radius 1 is 1.06 bits per heavy atom. The van der Waals surface area contributed by atoms with Crippen molar-refractivity contribution in [3.8, 4) is 5.75 Å². The molecule has 0 bridgehead atoms. The Hall–Kier alpha value is -2.48. The smallest absolute Gasteiger partial charge is 0.157 e. The molecule has 2 aliphatic heterocycles. The van der Waals surface area contributed by atoms with Crippen LogP contribution in [-0.4, -0.2) is 66.9 Å². The summed E-state index contributed by atoms with van der Waals surface area (Å²) in [5.41, 5.74) is 3.00. The van der Waals surface area contributed by atoms with Crippen LogP contribution in [0.1, 0.15) is 42.4 Å². The van der Waals surface area contributed by atoms with E-state index in [0.29, 0.717) is 13.2 Å². The van der Waals surface area contributed by atoms with E-state index in [1.165, 1.54) is 18.4 Å². The minimum atomic E-state index is -0.524. The highest BCUT2D eigenvalue weighted by Gasteiger charge is 2.21. The highest BCUT2D eigenvalue weighted by molar-refractivity contribution is 5.62. The van der Waals surface area contributed by atoms with Gasteiger partial charge in [0.15, 0.2) is 5.82 Å². The summed E-state index contributed by atoms with van der Waals surface area (Å²) in [5.74, 6) is 2.62. The Labute approximate surface area is 184 Å². The zero-order chi connectivity index (χ0) is 21.6. The molecule has 1 atom stereocenters. The van der Waals surface area contributed by atoms with Crippen LogP contribution in [0.25, 0.3) is 5.57 Å². The quantitative estimate of drug-likeness (QED) is 0.698. The minimum absolute atomic E-state index is 0.490. The fourth-order valence-electron chi connectivity index (χ4n) is 4.21. The Morgan fingerprint density at radius 3 is 2.48 bits per heavy atom. The number of hydrogen-bond donors (Lipinski definition) is 1. The fraction of sp³-hybridized carbons (Fsp3) is 0.500. The van der Waals surface area contributed by atoms with Crippen molar-refractivity contribution >= 4 is 11.4 Å². The van der Waals surface area contributed by atoms with Gasteiger partial charge in [0.05, 0.1) is 25.5 Å². The number of rotatable bonds is 8. The number of aliphatic hydroxyl groups excluding tert-OH is 1. The average molecular weight is 425 g/mol. The van der Waals surface area contributed by atoms with Gasteiger partial charge in [0.1, 0.15) is 11.6 Å². The normalized spacial score (nSPS) is 18.2. The van der Waals surface area contributed by atoms with Crippen molar-refractivity contribution in [2.24, 2.45) is 0 Å². The number of anilines is 1. The van der Waals surface area contributed by atoms with Crippen LogP contribution in [0.2, 0.25) is 0 Å². The van der Waals surface area contributed by atoms with Gasteiger partial charge in [0, 0.05) is 45.9 Å². The van der Waals surface area contributed by atoms with Crippen molar-refractivity contribution in [3.05, 3.63) is 53.5 Å². The summed E-state index contributed by atoms with van der Waals surface area (Å²) in [5, 5.41) is 10.6. The van der Waals surface area contributed by atoms with Gasteiger partial charge in [0.25, 0.3) is 0 Å². The van der Waals surface area contributed by atoms with Gasteiger partial charge in [-0.1, -0.05) is 18.2 Å². The van der Waals surface area contributed by atoms with Crippen LogP contribution in [0.15, 0.2) is 36.4 Å². The monoisotopic (exact) mass is 424 g/mol. The molecule has 0 aliphatic carbocycles. The molecule has 0 radical (unpaired) electrons. The van der Waals surface area contributed by atoms with Gasteiger partial charge in [-0.15, -0.1) is 0 Å². The molecule has 0 amide bonds. The molecule has 1 aromatic heterocycles. The molecule has 0 unspecified atom stereocenters. The summed E-state index contributed by atoms with van der Waals surface area (Å²) in [6.07, 6.45) is 4.97. The van der Waals surface area contributed by atoms with E-state index in [9.17, 15) is 5.11 Å². The molecule has 1 fully saturated rings. The topological polar surface area (TPSA) is 71.0 Å². The zero-order valence-corrected chi connectivity index (χ0v) is 18.5. The lowest BCUT2D eigenvalue weighted by Crippen LogP contribution is -2.32. The molecule has 2 aliphatic rings. The van der Waals surface area contributed by atoms with E-state index in [4.69, 9.17) is 19.4 Å². The predicted molar refractivity (Wildman–Crippen MR) is 121 cm³/mol. The van der Waals surface area contributed by atoms with Crippen LogP contribution in [0.3, 0.4) is 0 Å². The van der Waals surface area contributed by atoms with Gasteiger partial charge in [-0.05, 0) is 42.5 Å². The summed E-state index contributed by atoms with van der Waals surface area (Å²) < 4.78 is 10.5. The molecular formula is C24H32N4O3. The number of β-amino-alcohol motifs (C(OH)–C–C–N with tert-alkyl or cyclic N) is 1. The summed E-state index contributed by atoms with van der Waals surface area (Å²) in [7, 11) is 3.34. The van der Waals surface area contributed by atoms with Crippen LogP contribution in [0.5, 0.6) is 5.75 Å². The molecule has 3 heterocycles. The first kappa shape index (κ1) is 21.7. The first-order chi connectivity index (χ1) is 15.2. The van der Waals surface area contributed by atoms with Crippen molar-refractivity contribution in [1.29, 1.82) is 0 Å². The molecule has 4 rings (SSSR count). The van der Waals surface area contributed by atoms with Crippen molar-refractivity contribution in [2.75, 3.05) is 51.8 Å². The Morgan fingerprint density at radius 2 is 1.84 bits per heavy atom. The van der Waals surface area contributed by atoms with Gasteiger partial charge in [-0.25, -0.2) is 9.97 Å². The SMILES string of the molecule is COCc1cc(N2CCCC2)nc(C2=CCN(C[C@@H](O)c3ccc(OC)cc3)CC2)n1. The number of benzene rings is 1. The second kappa shape index (κ2) is 10.2. The van der Waals surface area contributed by atoms with Crippen molar-refractivity contribution in [3.63, 3.8) is 0 Å². The lowest BCUT2D eigenvalue weighted by Gasteiger charge is -2.28. The van der Waals surface area contributed by atoms with Crippen LogP contribution in [0, 0.1) is 0 Å². The fourth-order valence-corrected chi connectivity index (χ4v) is 4.21. The van der Waals surface area contributed by atoms with E-state index in [1.54, 1.807) is 14.2 Å². The Kier molecular flexibility index (Phi) is 7.17. The van der Waals surface area contributed by atoms with Gasteiger partial charge >= 0.3 is 0 Å². The van der Waals surface area contributed by atoms with Gasteiger partial charge in [-0.3, -0.25) is 4.90 Å². The third-order valence-corrected chi connectivity index (χ3v) is 6.00. The second-order valence-corrected chi connectivity index (χ2v) is 8.20. The lowest BCUT2D eigenvalue weighted by molar-refractivity contribution is 0.119. The third kappa shape index (κ3) is 5.42. The first-order valence-electron chi connectivity index (χ1n) is 11.0. The molecule has 1 aromatic carbocycles. The lowest BCUT2D eigenvalue weighted by atomic mass is 10.0. The van der Waals surface area contributed by atoms with Crippen LogP contribution >= 0.6 is 0 Å². The standard InChI is InChI=1S/C24H32N4O3/c1-30-17-20-15-23(28-11-3-4-12-28)26-24(25-20)19-9-13-27(14-10-19)16-22(29)18-5-7-21(31-2)8-6-18/h5-9,15,22,29H,3-4,10-14,16-17H2,1-2H3/t22-/m1/s1. The second-order valence-electron chi connectivity index (χ2n) is 8.20. The molecular weight excluding hydrogens is 392 g/mol. The van der Waals surface area contributed by atoms with Crippen molar-refractivity contribution in [1.82, 2.24) is 14.9 Å². The molecule has 7 nitrogen and oxygen atoms in total. The minimum Gasteiger partial charge on any atom is -0.497 e. The summed E-state index contributed by atoms with van der Waals surface area (Å²) in [6.45, 7) is 4.84. The van der Waals surface area contributed by atoms with Crippen LogP contribution < -0.4 is 9.64 Å². The maximum Gasteiger partial charge on any atom is 0.157 e. The largest absolute Gasteiger partial charge is 0.497 e. The van der Waals surface area contributed by atoms with E-state index in [-0.39, 0.29) is 0 Å². The molecule has 1 saturated heterocycles. The molecule has 2 aromatic rings. The third-order valence-electron chi connectivity index (χ3n) is 6.00. The summed E-state index contributed by atoms with van der Waals surface area (Å²) in [6, 6.07) is 9.66. The van der Waals surface area contributed by atoms with E-state index >= 15 is 0 Å². The van der Waals surface area contributed by atoms with E-state index in [2.05, 4.69) is 21.9 Å². The molecule has 7 heteroatoms. The summed E-state index contributed by atoms with van der Waals surface area (Å²) >= 11 is 0. The average Bonchev–Trinajstić information content (AvgIpc) is 3.35. The van der Waals surface area contributed by atoms with Crippen LogP contribution in [0.4, 0.5) is 5.82 Å². The van der Waals surface area contributed by atoms with Crippen molar-refractivity contribution in [2.45, 2.75) is 32.0 Å². The number of aliphatic hydroxyl groups is 1. The van der Waals surface area contributed by atoms with E-state index < -0.39 is 6.10 Å². The van der Waals surface area contributed by atoms with Crippen molar-refractivity contribution < 1.29 is 14.6 Å². The maximum atomic E-state index is 10.6. The van der Waals surface area contributed by atoms with Gasteiger partial charge < -0.3 is 19.5 Å². The molecule has 166 valence electrons. The molecule has 1 N–H and O–H groups in total. The van der Waals surface area contributed by atoms with E-state index in [0.717, 1.165) is 61.2 Å². The Balaban J connectivity index is 1.43. The van der Waals surface area contributed by atoms with Crippen LogP contribution in [-0.2, 0) is 11.3 Å². The number of hydrogen-bond acceptors (Lipinski definition) is 7. The number of aromatic nitrogens is 2. The maximum absolute atomic E-state index is 10.6. The number of ether oxygens (including phenoxy) is 2. The van der Waals surface area contributed by atoms with Gasteiger partial charge in [0.2, 0.25) is 0 Å². The van der Waals surface area contributed by atoms with E-state index in [1.807, 2.05) is 24.3 Å². The molecule has 31 heavy (non-hydrogen) atoms. The van der Waals surface area contributed by atoms with Gasteiger partial charge in [-0.2, -0.15) is 0 Å². The highest BCUT2D eigenvalue weighted by atomic mass is 16.5. The predicted octanol–water partition coefficient (Wildman–Crippen LogP) is 3.05.